The van der Waals surface area contributed by atoms with Crippen LogP contribution in [-0.4, -0.2) is 29.1 Å². The van der Waals surface area contributed by atoms with Gasteiger partial charge in [0.2, 0.25) is 0 Å². The molecule has 2 N–H and O–H groups in total. The summed E-state index contributed by atoms with van der Waals surface area (Å²) in [6.07, 6.45) is 4.19. The van der Waals surface area contributed by atoms with Gasteiger partial charge in [-0.05, 0) is 23.3 Å². The summed E-state index contributed by atoms with van der Waals surface area (Å²) in [5, 5.41) is 4.55. The quantitative estimate of drug-likeness (QED) is 0.713. The molecular formula is C18H17N3O2. The zero-order valence-electron chi connectivity index (χ0n) is 12.7. The summed E-state index contributed by atoms with van der Waals surface area (Å²) in [6.45, 7) is 0. The van der Waals surface area contributed by atoms with Crippen molar-refractivity contribution in [1.29, 1.82) is 0 Å². The largest absolute Gasteiger partial charge is 0.468 e. The number of ether oxygens (including phenoxy) is 1. The number of nitrogens with one attached hydrogen (secondary N) is 2. The third-order valence-corrected chi connectivity index (χ3v) is 4.41. The van der Waals surface area contributed by atoms with Gasteiger partial charge < -0.3 is 9.72 Å². The highest BCUT2D eigenvalue weighted by atomic mass is 16.5. The molecule has 3 aromatic rings. The Morgan fingerprint density at radius 1 is 1.26 bits per heavy atom. The first-order chi connectivity index (χ1) is 11.3. The lowest BCUT2D eigenvalue weighted by Gasteiger charge is -2.30. The van der Waals surface area contributed by atoms with Crippen molar-refractivity contribution in [3.05, 3.63) is 65.6 Å². The van der Waals surface area contributed by atoms with Crippen molar-refractivity contribution in [2.75, 3.05) is 7.11 Å². The van der Waals surface area contributed by atoms with Crippen LogP contribution in [0.3, 0.4) is 0 Å². The highest BCUT2D eigenvalue weighted by Gasteiger charge is 2.34. The van der Waals surface area contributed by atoms with Crippen molar-refractivity contribution in [1.82, 2.24) is 15.3 Å². The lowest BCUT2D eigenvalue weighted by Crippen LogP contribution is -2.45. The van der Waals surface area contributed by atoms with Gasteiger partial charge in [-0.15, -0.1) is 0 Å². The third kappa shape index (κ3) is 2.29. The number of hydrogen-bond donors (Lipinski definition) is 2. The van der Waals surface area contributed by atoms with Gasteiger partial charge in [0.25, 0.3) is 0 Å². The van der Waals surface area contributed by atoms with Gasteiger partial charge in [0.1, 0.15) is 6.04 Å². The van der Waals surface area contributed by atoms with E-state index in [1.807, 2.05) is 30.5 Å². The minimum absolute atomic E-state index is 0.107. The van der Waals surface area contributed by atoms with Gasteiger partial charge in [-0.2, -0.15) is 0 Å². The molecule has 0 saturated heterocycles. The molecule has 23 heavy (non-hydrogen) atoms. The lowest BCUT2D eigenvalue weighted by atomic mass is 9.91. The Hall–Kier alpha value is -2.66. The Morgan fingerprint density at radius 2 is 2.13 bits per heavy atom. The van der Waals surface area contributed by atoms with E-state index in [2.05, 4.69) is 27.4 Å². The van der Waals surface area contributed by atoms with E-state index in [0.717, 1.165) is 22.2 Å². The maximum absolute atomic E-state index is 12.1. The van der Waals surface area contributed by atoms with E-state index in [-0.39, 0.29) is 18.1 Å². The molecule has 0 amide bonds. The van der Waals surface area contributed by atoms with Gasteiger partial charge >= 0.3 is 5.97 Å². The topological polar surface area (TPSA) is 67.0 Å². The SMILES string of the molecule is COC(=O)[C@@H]1Cc2c([nH]c3ccccc23)[C@@H](c2cccnc2)N1. The molecule has 0 unspecified atom stereocenters. The molecule has 4 rings (SSSR count). The molecule has 1 aliphatic rings. The second kappa shape index (κ2) is 5.52. The second-order valence-electron chi connectivity index (χ2n) is 5.73. The van der Waals surface area contributed by atoms with Crippen molar-refractivity contribution in [3.63, 3.8) is 0 Å². The number of aromatic nitrogens is 2. The summed E-state index contributed by atoms with van der Waals surface area (Å²) in [5.41, 5.74) is 4.37. The Balaban J connectivity index is 1.88. The molecule has 0 fully saturated rings. The minimum Gasteiger partial charge on any atom is -0.468 e. The first-order valence-corrected chi connectivity index (χ1v) is 7.61. The van der Waals surface area contributed by atoms with Gasteiger partial charge in [0.05, 0.1) is 13.2 Å². The Labute approximate surface area is 133 Å². The number of hydrogen-bond acceptors (Lipinski definition) is 4. The monoisotopic (exact) mass is 307 g/mol. The zero-order valence-corrected chi connectivity index (χ0v) is 12.7. The van der Waals surface area contributed by atoms with Crippen LogP contribution in [0.2, 0.25) is 0 Å². The molecule has 1 aromatic carbocycles. The number of esters is 1. The molecular weight excluding hydrogens is 290 g/mol. The van der Waals surface area contributed by atoms with Crippen LogP contribution < -0.4 is 5.32 Å². The Kier molecular flexibility index (Phi) is 3.35. The number of pyridine rings is 1. The standard InChI is InChI=1S/C18H17N3O2/c1-23-18(22)15-9-13-12-6-2-3-7-14(12)20-17(13)16(21-15)11-5-4-8-19-10-11/h2-8,10,15-16,20-21H,9H2,1H3/t15-,16+/m0/s1. The van der Waals surface area contributed by atoms with Crippen LogP contribution >= 0.6 is 0 Å². The fourth-order valence-electron chi connectivity index (χ4n) is 3.34. The predicted molar refractivity (Wildman–Crippen MR) is 87.0 cm³/mol. The molecule has 3 heterocycles. The average Bonchev–Trinajstić information content (AvgIpc) is 2.99. The summed E-state index contributed by atoms with van der Waals surface area (Å²) < 4.78 is 4.95. The zero-order chi connectivity index (χ0) is 15.8. The number of H-pyrrole nitrogens is 1. The van der Waals surface area contributed by atoms with E-state index in [9.17, 15) is 4.79 Å². The number of rotatable bonds is 2. The first-order valence-electron chi connectivity index (χ1n) is 7.61. The molecule has 2 atom stereocenters. The average molecular weight is 307 g/mol. The van der Waals surface area contributed by atoms with Crippen LogP contribution in [0.25, 0.3) is 10.9 Å². The van der Waals surface area contributed by atoms with E-state index < -0.39 is 0 Å². The van der Waals surface area contributed by atoms with Gasteiger partial charge in [-0.25, -0.2) is 0 Å². The van der Waals surface area contributed by atoms with Crippen LogP contribution in [0.1, 0.15) is 22.9 Å². The van der Waals surface area contributed by atoms with Crippen LogP contribution in [0, 0.1) is 0 Å². The van der Waals surface area contributed by atoms with E-state index >= 15 is 0 Å². The van der Waals surface area contributed by atoms with Gasteiger partial charge in [0.15, 0.2) is 0 Å². The van der Waals surface area contributed by atoms with Crippen LogP contribution in [0.5, 0.6) is 0 Å². The lowest BCUT2D eigenvalue weighted by molar-refractivity contribution is -0.143. The fourth-order valence-corrected chi connectivity index (χ4v) is 3.34. The molecule has 0 bridgehead atoms. The van der Waals surface area contributed by atoms with Crippen LogP contribution in [0.15, 0.2) is 48.8 Å². The van der Waals surface area contributed by atoms with Crippen LogP contribution in [0.4, 0.5) is 0 Å². The normalized spacial score (nSPS) is 20.2. The third-order valence-electron chi connectivity index (χ3n) is 4.41. The molecule has 2 aromatic heterocycles. The molecule has 0 radical (unpaired) electrons. The number of aromatic amines is 1. The van der Waals surface area contributed by atoms with E-state index in [4.69, 9.17) is 4.74 Å². The number of para-hydroxylation sites is 1. The van der Waals surface area contributed by atoms with Crippen molar-refractivity contribution in [2.45, 2.75) is 18.5 Å². The molecule has 1 aliphatic heterocycles. The molecule has 5 heteroatoms. The van der Waals surface area contributed by atoms with E-state index in [0.29, 0.717) is 6.42 Å². The number of fused-ring (bicyclic) bond motifs is 3. The van der Waals surface area contributed by atoms with Crippen molar-refractivity contribution >= 4 is 16.9 Å². The summed E-state index contributed by atoms with van der Waals surface area (Å²) in [7, 11) is 1.42. The number of nitrogens with zero attached hydrogens (tertiary/aromatic N) is 1. The number of carbonyl (C=O) groups is 1. The predicted octanol–water partition coefficient (Wildman–Crippen LogP) is 2.34. The molecule has 5 nitrogen and oxygen atoms in total. The van der Waals surface area contributed by atoms with Gasteiger partial charge in [-0.1, -0.05) is 24.3 Å². The minimum atomic E-state index is -0.364. The first kappa shape index (κ1) is 14.0. The molecule has 116 valence electrons. The molecule has 0 aliphatic carbocycles. The van der Waals surface area contributed by atoms with Gasteiger partial charge in [0, 0.05) is 35.4 Å². The number of methoxy groups -OCH3 is 1. The highest BCUT2D eigenvalue weighted by Crippen LogP contribution is 2.35. The fraction of sp³-hybridized carbons (Fsp3) is 0.222. The summed E-state index contributed by atoms with van der Waals surface area (Å²) in [6, 6.07) is 11.6. The van der Waals surface area contributed by atoms with Crippen molar-refractivity contribution in [3.8, 4) is 0 Å². The number of benzene rings is 1. The molecule has 0 saturated carbocycles. The highest BCUT2D eigenvalue weighted by molar-refractivity contribution is 5.87. The summed E-state index contributed by atoms with van der Waals surface area (Å²) in [5.74, 6) is -0.241. The maximum Gasteiger partial charge on any atom is 0.323 e. The summed E-state index contributed by atoms with van der Waals surface area (Å²) >= 11 is 0. The summed E-state index contributed by atoms with van der Waals surface area (Å²) in [4.78, 5) is 19.8. The van der Waals surface area contributed by atoms with Crippen molar-refractivity contribution in [2.24, 2.45) is 0 Å². The Morgan fingerprint density at radius 3 is 2.91 bits per heavy atom. The van der Waals surface area contributed by atoms with Gasteiger partial charge in [-0.3, -0.25) is 15.1 Å². The smallest absolute Gasteiger partial charge is 0.323 e. The van der Waals surface area contributed by atoms with E-state index in [1.54, 1.807) is 6.20 Å². The van der Waals surface area contributed by atoms with Crippen LogP contribution in [-0.2, 0) is 16.0 Å². The Bertz CT molecular complexity index is 857. The number of carbonyl (C=O) groups excluding carboxylic acids is 1. The molecule has 0 spiro atoms. The van der Waals surface area contributed by atoms with E-state index in [1.165, 1.54) is 12.7 Å². The van der Waals surface area contributed by atoms with Crippen molar-refractivity contribution < 1.29 is 9.53 Å². The second-order valence-corrected chi connectivity index (χ2v) is 5.73. The maximum atomic E-state index is 12.1.